The molecule has 0 amide bonds. The Bertz CT molecular complexity index is 64.1. The van der Waals surface area contributed by atoms with E-state index >= 15 is 0 Å². The Hall–Kier alpha value is -0.0800. The standard InChI is InChI=1S/C5H10N2/c1-4-2-6-5(1)3-7-4/h4-7H,1-3H2/t4-,5+. The monoisotopic (exact) mass is 98.1 g/mol. The third kappa shape index (κ3) is 0.469. The lowest BCUT2D eigenvalue weighted by molar-refractivity contribution is 0.528. The number of rotatable bonds is 0. The summed E-state index contributed by atoms with van der Waals surface area (Å²) in [5.74, 6) is 0. The first-order valence-corrected chi connectivity index (χ1v) is 2.92. The van der Waals surface area contributed by atoms with E-state index in [-0.39, 0.29) is 0 Å². The summed E-state index contributed by atoms with van der Waals surface area (Å²) in [6, 6.07) is 1.62. The summed E-state index contributed by atoms with van der Waals surface area (Å²) >= 11 is 0. The maximum absolute atomic E-state index is 3.39. The normalized spacial score (nSPS) is 48.0. The van der Waals surface area contributed by atoms with Crippen molar-refractivity contribution in [3.8, 4) is 0 Å². The first-order chi connectivity index (χ1) is 3.45. The van der Waals surface area contributed by atoms with Crippen LogP contribution < -0.4 is 10.6 Å². The highest BCUT2D eigenvalue weighted by Gasteiger charge is 2.29. The van der Waals surface area contributed by atoms with Gasteiger partial charge in [-0.15, -0.1) is 0 Å². The Kier molecular flexibility index (Phi) is 0.664. The Morgan fingerprint density at radius 3 is 1.71 bits per heavy atom. The van der Waals surface area contributed by atoms with Crippen LogP contribution >= 0.6 is 0 Å². The average Bonchev–Trinajstić information content (AvgIpc) is 2.22. The SMILES string of the molecule is C1N[C@H]2CN[C@H]1C2. The van der Waals surface area contributed by atoms with E-state index in [4.69, 9.17) is 0 Å². The number of nitrogens with one attached hydrogen (secondary N) is 2. The van der Waals surface area contributed by atoms with Crippen LogP contribution in [0.2, 0.25) is 0 Å². The summed E-state index contributed by atoms with van der Waals surface area (Å²) in [6.07, 6.45) is 1.36. The van der Waals surface area contributed by atoms with Crippen molar-refractivity contribution in [1.29, 1.82) is 0 Å². The van der Waals surface area contributed by atoms with E-state index < -0.39 is 0 Å². The smallest absolute Gasteiger partial charge is 0.0208 e. The molecule has 0 aromatic rings. The molecule has 2 N–H and O–H groups in total. The van der Waals surface area contributed by atoms with Crippen molar-refractivity contribution in [1.82, 2.24) is 10.6 Å². The van der Waals surface area contributed by atoms with Gasteiger partial charge in [0, 0.05) is 25.2 Å². The third-order valence-corrected chi connectivity index (χ3v) is 1.87. The van der Waals surface area contributed by atoms with E-state index in [2.05, 4.69) is 10.6 Å². The topological polar surface area (TPSA) is 24.1 Å². The minimum Gasteiger partial charge on any atom is -0.311 e. The molecule has 2 aliphatic heterocycles. The molecule has 2 heteroatoms. The van der Waals surface area contributed by atoms with Gasteiger partial charge in [-0.05, 0) is 6.42 Å². The van der Waals surface area contributed by atoms with Gasteiger partial charge in [-0.25, -0.2) is 0 Å². The molecule has 2 aliphatic rings. The molecule has 2 heterocycles. The van der Waals surface area contributed by atoms with Gasteiger partial charge < -0.3 is 10.6 Å². The van der Waals surface area contributed by atoms with Gasteiger partial charge in [-0.2, -0.15) is 0 Å². The average molecular weight is 98.1 g/mol. The second-order valence-corrected chi connectivity index (χ2v) is 2.45. The van der Waals surface area contributed by atoms with Crippen molar-refractivity contribution in [2.75, 3.05) is 13.1 Å². The highest BCUT2D eigenvalue weighted by Crippen LogP contribution is 2.11. The Balaban J connectivity index is 2.12. The third-order valence-electron chi connectivity index (χ3n) is 1.87. The summed E-state index contributed by atoms with van der Waals surface area (Å²) in [5.41, 5.74) is 0. The highest BCUT2D eigenvalue weighted by atomic mass is 15.1. The first-order valence-electron chi connectivity index (χ1n) is 2.92. The predicted octanol–water partition coefficient (Wildman–Crippen LogP) is -0.680. The molecule has 0 saturated carbocycles. The fraction of sp³-hybridized carbons (Fsp3) is 1.00. The second-order valence-electron chi connectivity index (χ2n) is 2.45. The van der Waals surface area contributed by atoms with Gasteiger partial charge in [0.15, 0.2) is 0 Å². The molecule has 0 radical (unpaired) electrons. The molecular weight excluding hydrogens is 88.1 g/mol. The van der Waals surface area contributed by atoms with Crippen LogP contribution in [0.3, 0.4) is 0 Å². The van der Waals surface area contributed by atoms with E-state index in [1.165, 1.54) is 19.5 Å². The van der Waals surface area contributed by atoms with E-state index in [0.717, 1.165) is 12.1 Å². The van der Waals surface area contributed by atoms with Crippen molar-refractivity contribution < 1.29 is 0 Å². The van der Waals surface area contributed by atoms with E-state index in [9.17, 15) is 0 Å². The fourth-order valence-corrected chi connectivity index (χ4v) is 1.44. The maximum Gasteiger partial charge on any atom is 0.0208 e. The van der Waals surface area contributed by atoms with Gasteiger partial charge in [-0.1, -0.05) is 0 Å². The van der Waals surface area contributed by atoms with Gasteiger partial charge in [-0.3, -0.25) is 0 Å². The molecule has 0 aromatic heterocycles. The number of piperazine rings is 1. The fourth-order valence-electron chi connectivity index (χ4n) is 1.44. The van der Waals surface area contributed by atoms with Crippen LogP contribution in [-0.2, 0) is 0 Å². The molecule has 0 aromatic carbocycles. The summed E-state index contributed by atoms with van der Waals surface area (Å²) in [4.78, 5) is 0. The maximum atomic E-state index is 3.39. The largest absolute Gasteiger partial charge is 0.311 e. The lowest BCUT2D eigenvalue weighted by atomic mass is 10.3. The van der Waals surface area contributed by atoms with Crippen molar-refractivity contribution in [2.45, 2.75) is 18.5 Å². The quantitative estimate of drug-likeness (QED) is 0.419. The Labute approximate surface area is 43.3 Å². The molecule has 2 rings (SSSR count). The van der Waals surface area contributed by atoms with Gasteiger partial charge in [0.2, 0.25) is 0 Å². The van der Waals surface area contributed by atoms with E-state index in [0.29, 0.717) is 0 Å². The summed E-state index contributed by atoms with van der Waals surface area (Å²) in [6.45, 7) is 2.40. The van der Waals surface area contributed by atoms with Gasteiger partial charge in [0.05, 0.1) is 0 Å². The van der Waals surface area contributed by atoms with Gasteiger partial charge in [0.25, 0.3) is 0 Å². The van der Waals surface area contributed by atoms with Gasteiger partial charge in [0.1, 0.15) is 0 Å². The molecule has 40 valence electrons. The Morgan fingerprint density at radius 2 is 1.57 bits per heavy atom. The number of fused-ring (bicyclic) bond motifs is 2. The minimum absolute atomic E-state index is 0.810. The predicted molar refractivity (Wildman–Crippen MR) is 28.2 cm³/mol. The molecule has 2 nitrogen and oxygen atoms in total. The summed E-state index contributed by atoms with van der Waals surface area (Å²) in [5, 5.41) is 6.79. The molecule has 0 spiro atoms. The van der Waals surface area contributed by atoms with Crippen LogP contribution in [0.4, 0.5) is 0 Å². The van der Waals surface area contributed by atoms with Crippen molar-refractivity contribution in [2.24, 2.45) is 0 Å². The van der Waals surface area contributed by atoms with Gasteiger partial charge >= 0.3 is 0 Å². The molecule has 0 aliphatic carbocycles. The molecule has 0 unspecified atom stereocenters. The lowest BCUT2D eigenvalue weighted by Crippen LogP contribution is -2.39. The highest BCUT2D eigenvalue weighted by molar-refractivity contribution is 4.94. The zero-order chi connectivity index (χ0) is 4.69. The lowest BCUT2D eigenvalue weighted by Gasteiger charge is -2.10. The summed E-state index contributed by atoms with van der Waals surface area (Å²) < 4.78 is 0. The first kappa shape index (κ1) is 3.87. The minimum atomic E-state index is 0.810. The zero-order valence-corrected chi connectivity index (χ0v) is 4.28. The van der Waals surface area contributed by atoms with Crippen molar-refractivity contribution in [3.05, 3.63) is 0 Å². The molecule has 2 saturated heterocycles. The van der Waals surface area contributed by atoms with Crippen LogP contribution in [0.1, 0.15) is 6.42 Å². The number of hydrogen-bond acceptors (Lipinski definition) is 2. The van der Waals surface area contributed by atoms with Crippen LogP contribution in [0.15, 0.2) is 0 Å². The van der Waals surface area contributed by atoms with Crippen LogP contribution in [0.25, 0.3) is 0 Å². The van der Waals surface area contributed by atoms with Crippen LogP contribution in [-0.4, -0.2) is 25.2 Å². The molecular formula is C5H10N2. The van der Waals surface area contributed by atoms with E-state index in [1.54, 1.807) is 0 Å². The Morgan fingerprint density at radius 1 is 1.00 bits per heavy atom. The van der Waals surface area contributed by atoms with Crippen molar-refractivity contribution in [3.63, 3.8) is 0 Å². The molecule has 2 fully saturated rings. The zero-order valence-electron chi connectivity index (χ0n) is 4.28. The molecule has 2 bridgehead atoms. The second kappa shape index (κ2) is 1.20. The van der Waals surface area contributed by atoms with Crippen molar-refractivity contribution >= 4 is 0 Å². The molecule has 7 heavy (non-hydrogen) atoms. The van der Waals surface area contributed by atoms with Crippen LogP contribution in [0, 0.1) is 0 Å². The van der Waals surface area contributed by atoms with E-state index in [1.807, 2.05) is 0 Å². The summed E-state index contributed by atoms with van der Waals surface area (Å²) in [7, 11) is 0. The number of hydrogen-bond donors (Lipinski definition) is 2. The molecule has 2 atom stereocenters. The van der Waals surface area contributed by atoms with Crippen LogP contribution in [0.5, 0.6) is 0 Å².